The van der Waals surface area contributed by atoms with E-state index in [4.69, 9.17) is 0 Å². The van der Waals surface area contributed by atoms with E-state index >= 15 is 0 Å². The van der Waals surface area contributed by atoms with E-state index in [9.17, 15) is 27.0 Å². The molecule has 0 amide bonds. The van der Waals surface area contributed by atoms with Crippen LogP contribution in [0.25, 0.3) is 0 Å². The van der Waals surface area contributed by atoms with Gasteiger partial charge in [0.25, 0.3) is 7.82 Å². The summed E-state index contributed by atoms with van der Waals surface area (Å²) in [5.41, 5.74) is 0. The van der Waals surface area contributed by atoms with Crippen molar-refractivity contribution < 1.29 is 36.1 Å². The molecule has 0 saturated carbocycles. The Balaban J connectivity index is 4.47. The highest BCUT2D eigenvalue weighted by Gasteiger charge is 2.55. The highest BCUT2D eigenvalue weighted by Crippen LogP contribution is 2.43. The fourth-order valence-electron chi connectivity index (χ4n) is 0.577. The zero-order valence-electron chi connectivity index (χ0n) is 8.01. The van der Waals surface area contributed by atoms with Gasteiger partial charge in [0.15, 0.2) is 0 Å². The minimum atomic E-state index is -4.91. The van der Waals surface area contributed by atoms with Crippen LogP contribution in [0.3, 0.4) is 0 Å². The first-order chi connectivity index (χ1) is 6.58. The molecule has 0 aliphatic heterocycles. The van der Waals surface area contributed by atoms with Gasteiger partial charge in [-0.15, -0.1) is 0 Å². The summed E-state index contributed by atoms with van der Waals surface area (Å²) in [5.74, 6) is -8.87. The first-order valence-corrected chi connectivity index (χ1v) is 5.31. The lowest BCUT2D eigenvalue weighted by atomic mass is 10.1. The molecule has 0 spiro atoms. The van der Waals surface area contributed by atoms with Crippen molar-refractivity contribution in [2.45, 2.75) is 25.2 Å². The Morgan fingerprint density at radius 1 is 1.27 bits per heavy atom. The predicted octanol–water partition coefficient (Wildman–Crippen LogP) is 1.80. The highest BCUT2D eigenvalue weighted by molar-refractivity contribution is 7.45. The summed E-state index contributed by atoms with van der Waals surface area (Å²) in [6, 6.07) is 0. The van der Waals surface area contributed by atoms with Gasteiger partial charge in [0, 0.05) is 13.5 Å². The number of phosphoric ester groups is 1. The van der Waals surface area contributed by atoms with Crippen LogP contribution in [0.2, 0.25) is 0 Å². The van der Waals surface area contributed by atoms with E-state index in [2.05, 4.69) is 9.05 Å². The van der Waals surface area contributed by atoms with Gasteiger partial charge in [-0.05, 0) is 0 Å². The van der Waals surface area contributed by atoms with E-state index < -0.39 is 32.7 Å². The van der Waals surface area contributed by atoms with Crippen LogP contribution >= 0.6 is 7.82 Å². The maximum absolute atomic E-state index is 12.7. The molecule has 1 unspecified atom stereocenters. The Kier molecular flexibility index (Phi) is 4.72. The third-order valence-electron chi connectivity index (χ3n) is 1.61. The number of hydrogen-bond acceptors (Lipinski definition) is 4. The molecule has 9 heteroatoms. The molecule has 0 radical (unpaired) electrons. The number of alkyl halides is 4. The van der Waals surface area contributed by atoms with Gasteiger partial charge in [0.1, 0.15) is 6.61 Å². The molecular formula is C6H10F4O4P-. The molecule has 0 bridgehead atoms. The molecule has 0 fully saturated rings. The summed E-state index contributed by atoms with van der Waals surface area (Å²) in [5, 5.41) is 0. The Bertz CT molecular complexity index is 258. The fraction of sp³-hybridized carbons (Fsp3) is 1.00. The van der Waals surface area contributed by atoms with Crippen LogP contribution in [-0.2, 0) is 13.6 Å². The maximum atomic E-state index is 12.7. The van der Waals surface area contributed by atoms with Gasteiger partial charge < -0.3 is 13.9 Å². The molecule has 4 nitrogen and oxygen atoms in total. The average molecular weight is 253 g/mol. The highest BCUT2D eigenvalue weighted by atomic mass is 31.2. The quantitative estimate of drug-likeness (QED) is 0.535. The van der Waals surface area contributed by atoms with Crippen LogP contribution in [0.4, 0.5) is 17.6 Å². The molecular weight excluding hydrogens is 243 g/mol. The second-order valence-electron chi connectivity index (χ2n) is 2.67. The van der Waals surface area contributed by atoms with Gasteiger partial charge >= 0.3 is 11.8 Å². The van der Waals surface area contributed by atoms with E-state index in [1.807, 2.05) is 0 Å². The van der Waals surface area contributed by atoms with Crippen molar-refractivity contribution in [1.82, 2.24) is 0 Å². The molecule has 92 valence electrons. The normalized spacial score (nSPS) is 17.5. The summed E-state index contributed by atoms with van der Waals surface area (Å²) in [6.07, 6.45) is -1.13. The van der Waals surface area contributed by atoms with Crippen LogP contribution in [0.15, 0.2) is 0 Å². The number of phosphoric acid groups is 1. The van der Waals surface area contributed by atoms with Crippen molar-refractivity contribution in [1.29, 1.82) is 0 Å². The van der Waals surface area contributed by atoms with Gasteiger partial charge in [0.05, 0.1) is 0 Å². The first kappa shape index (κ1) is 14.8. The molecule has 0 aliphatic carbocycles. The molecule has 0 heterocycles. The molecule has 0 rings (SSSR count). The van der Waals surface area contributed by atoms with Crippen LogP contribution in [0.5, 0.6) is 0 Å². The first-order valence-electron chi connectivity index (χ1n) is 3.85. The monoisotopic (exact) mass is 253 g/mol. The number of rotatable bonds is 6. The topological polar surface area (TPSA) is 58.6 Å². The Hall–Kier alpha value is -0.170. The average Bonchev–Trinajstić information content (AvgIpc) is 2.15. The zero-order valence-corrected chi connectivity index (χ0v) is 8.90. The summed E-state index contributed by atoms with van der Waals surface area (Å²) in [4.78, 5) is 10.5. The Morgan fingerprint density at radius 2 is 1.73 bits per heavy atom. The van der Waals surface area contributed by atoms with E-state index in [1.165, 1.54) is 0 Å². The number of halogens is 4. The second kappa shape index (κ2) is 4.78. The van der Waals surface area contributed by atoms with Crippen molar-refractivity contribution in [3.63, 3.8) is 0 Å². The van der Waals surface area contributed by atoms with Crippen molar-refractivity contribution in [2.75, 3.05) is 13.7 Å². The van der Waals surface area contributed by atoms with Gasteiger partial charge in [-0.3, -0.25) is 4.57 Å². The Morgan fingerprint density at radius 3 is 2.07 bits per heavy atom. The Labute approximate surface area is 83.8 Å². The molecule has 0 aliphatic rings. The second-order valence-corrected chi connectivity index (χ2v) is 4.18. The molecule has 0 aromatic carbocycles. The van der Waals surface area contributed by atoms with Gasteiger partial charge in [-0.2, -0.15) is 17.6 Å². The van der Waals surface area contributed by atoms with Gasteiger partial charge in [-0.25, -0.2) is 0 Å². The molecule has 0 aromatic rings. The maximum Gasteiger partial charge on any atom is 0.333 e. The number of hydrogen-bond donors (Lipinski definition) is 0. The largest absolute Gasteiger partial charge is 0.756 e. The third kappa shape index (κ3) is 4.06. The van der Waals surface area contributed by atoms with Crippen LogP contribution in [0.1, 0.15) is 13.3 Å². The molecule has 0 aromatic heterocycles. The van der Waals surface area contributed by atoms with Crippen LogP contribution in [-0.4, -0.2) is 25.6 Å². The minimum absolute atomic E-state index is 0.671. The SMILES string of the molecule is CCC(F)(F)C(F)(F)COP(=O)([O-])OC. The molecule has 15 heavy (non-hydrogen) atoms. The summed E-state index contributed by atoms with van der Waals surface area (Å²) < 4.78 is 68.2. The van der Waals surface area contributed by atoms with Crippen LogP contribution < -0.4 is 4.89 Å². The predicted molar refractivity (Wildman–Crippen MR) is 40.8 cm³/mol. The summed E-state index contributed by atoms with van der Waals surface area (Å²) in [7, 11) is -4.24. The lowest BCUT2D eigenvalue weighted by Crippen LogP contribution is -2.43. The van der Waals surface area contributed by atoms with Crippen LogP contribution in [0, 0.1) is 0 Å². The van der Waals surface area contributed by atoms with Gasteiger partial charge in [0.2, 0.25) is 0 Å². The van der Waals surface area contributed by atoms with E-state index in [0.717, 1.165) is 6.92 Å². The summed E-state index contributed by atoms with van der Waals surface area (Å²) >= 11 is 0. The lowest BCUT2D eigenvalue weighted by Gasteiger charge is -2.28. The van der Waals surface area contributed by atoms with E-state index in [-0.39, 0.29) is 0 Å². The molecule has 0 N–H and O–H groups in total. The zero-order chi connectivity index (χ0) is 12.3. The lowest BCUT2D eigenvalue weighted by molar-refractivity contribution is -0.251. The van der Waals surface area contributed by atoms with Gasteiger partial charge in [-0.1, -0.05) is 6.92 Å². The third-order valence-corrected chi connectivity index (χ3v) is 2.50. The minimum Gasteiger partial charge on any atom is -0.756 e. The van der Waals surface area contributed by atoms with E-state index in [1.54, 1.807) is 0 Å². The summed E-state index contributed by atoms with van der Waals surface area (Å²) in [6.45, 7) is -1.09. The van der Waals surface area contributed by atoms with Crippen molar-refractivity contribution >= 4 is 7.82 Å². The molecule has 0 saturated heterocycles. The molecule has 1 atom stereocenters. The van der Waals surface area contributed by atoms with E-state index in [0.29, 0.717) is 7.11 Å². The fourth-order valence-corrected chi connectivity index (χ4v) is 1.00. The standard InChI is InChI=1S/C6H11F4O4P/c1-3-5(7,8)6(9,10)4-14-15(11,12)13-2/h3-4H2,1-2H3,(H,11,12)/p-1. The smallest absolute Gasteiger partial charge is 0.333 e. The van der Waals surface area contributed by atoms with Crippen molar-refractivity contribution in [3.8, 4) is 0 Å². The van der Waals surface area contributed by atoms with Crippen molar-refractivity contribution in [3.05, 3.63) is 0 Å². The van der Waals surface area contributed by atoms with Crippen molar-refractivity contribution in [2.24, 2.45) is 0 Å².